The van der Waals surface area contributed by atoms with Gasteiger partial charge in [0.05, 0.1) is 0 Å². The normalized spacial score (nSPS) is 11.8. The lowest BCUT2D eigenvalue weighted by Crippen LogP contribution is -2.17. The van der Waals surface area contributed by atoms with Crippen molar-refractivity contribution in [3.63, 3.8) is 0 Å². The van der Waals surface area contributed by atoms with Crippen LogP contribution in [0.25, 0.3) is 0 Å². The average molecular weight is 265 g/mol. The molecule has 0 radical (unpaired) electrons. The molecule has 18 heavy (non-hydrogen) atoms. The van der Waals surface area contributed by atoms with E-state index in [1.165, 1.54) is 6.07 Å². The zero-order valence-corrected chi connectivity index (χ0v) is 9.80. The molecule has 4 nitrogen and oxygen atoms in total. The van der Waals surface area contributed by atoms with E-state index in [1.807, 2.05) is 0 Å². The number of carboxylic acid groups (broad SMARTS) is 1. The Morgan fingerprint density at radius 3 is 2.67 bits per heavy atom. The van der Waals surface area contributed by atoms with Gasteiger partial charge >= 0.3 is 12.1 Å². The maximum Gasteiger partial charge on any atom is 0.389 e. The molecule has 0 aliphatic rings. The van der Waals surface area contributed by atoms with Crippen LogP contribution in [0.4, 0.5) is 13.2 Å². The quantitative estimate of drug-likeness (QED) is 0.776. The predicted octanol–water partition coefficient (Wildman–Crippen LogP) is 2.72. The van der Waals surface area contributed by atoms with Crippen molar-refractivity contribution in [2.45, 2.75) is 32.5 Å². The molecular formula is C11H14F3NO3. The van der Waals surface area contributed by atoms with Crippen molar-refractivity contribution >= 4 is 5.97 Å². The fourth-order valence-electron chi connectivity index (χ4n) is 1.44. The van der Waals surface area contributed by atoms with Crippen molar-refractivity contribution in [1.82, 2.24) is 5.32 Å². The minimum atomic E-state index is -4.14. The maximum atomic E-state index is 11.9. The molecule has 0 saturated heterocycles. The summed E-state index contributed by atoms with van der Waals surface area (Å²) >= 11 is 0. The van der Waals surface area contributed by atoms with E-state index < -0.39 is 18.6 Å². The van der Waals surface area contributed by atoms with Gasteiger partial charge in [0, 0.05) is 18.5 Å². The number of hydrogen-bond donors (Lipinski definition) is 2. The lowest BCUT2D eigenvalue weighted by atomic mass is 10.2. The highest BCUT2D eigenvalue weighted by molar-refractivity contribution is 5.84. The van der Waals surface area contributed by atoms with Crippen LogP contribution in [0.3, 0.4) is 0 Å². The Morgan fingerprint density at radius 2 is 2.17 bits per heavy atom. The summed E-state index contributed by atoms with van der Waals surface area (Å²) < 4.78 is 40.5. The Hall–Kier alpha value is -1.50. The molecule has 1 aromatic rings. The van der Waals surface area contributed by atoms with Gasteiger partial charge in [-0.15, -0.1) is 0 Å². The average Bonchev–Trinajstić information content (AvgIpc) is 2.58. The fraction of sp³-hybridized carbons (Fsp3) is 0.545. The van der Waals surface area contributed by atoms with E-state index in [9.17, 15) is 18.0 Å². The fourth-order valence-corrected chi connectivity index (χ4v) is 1.44. The van der Waals surface area contributed by atoms with Gasteiger partial charge in [-0.1, -0.05) is 0 Å². The van der Waals surface area contributed by atoms with Crippen LogP contribution >= 0.6 is 0 Å². The van der Waals surface area contributed by atoms with Gasteiger partial charge in [0.25, 0.3) is 0 Å². The Labute approximate surface area is 102 Å². The van der Waals surface area contributed by atoms with Gasteiger partial charge in [0.15, 0.2) is 0 Å². The number of furan rings is 1. The molecule has 0 aliphatic carbocycles. The molecule has 0 aliphatic heterocycles. The molecule has 0 saturated carbocycles. The predicted molar refractivity (Wildman–Crippen MR) is 57.4 cm³/mol. The van der Waals surface area contributed by atoms with Gasteiger partial charge in [-0.25, -0.2) is 4.79 Å². The van der Waals surface area contributed by atoms with E-state index in [2.05, 4.69) is 5.32 Å². The van der Waals surface area contributed by atoms with Crippen LogP contribution in [0.1, 0.15) is 34.7 Å². The molecule has 0 bridgehead atoms. The number of rotatable bonds is 6. The zero-order valence-electron chi connectivity index (χ0n) is 9.80. The molecule has 0 spiro atoms. The van der Waals surface area contributed by atoms with Gasteiger partial charge < -0.3 is 14.8 Å². The first kappa shape index (κ1) is 14.6. The summed E-state index contributed by atoms with van der Waals surface area (Å²) in [5, 5.41) is 11.5. The zero-order chi connectivity index (χ0) is 13.8. The van der Waals surface area contributed by atoms with E-state index in [0.717, 1.165) is 0 Å². The molecule has 0 amide bonds. The number of alkyl halides is 3. The van der Waals surface area contributed by atoms with Crippen molar-refractivity contribution in [3.8, 4) is 0 Å². The third kappa shape index (κ3) is 4.79. The smallest absolute Gasteiger partial charge is 0.389 e. The molecule has 0 unspecified atom stereocenters. The second kappa shape index (κ2) is 5.90. The number of carbonyl (C=O) groups is 1. The molecule has 2 N–H and O–H groups in total. The van der Waals surface area contributed by atoms with E-state index in [1.54, 1.807) is 6.92 Å². The first-order valence-electron chi connectivity index (χ1n) is 5.39. The summed E-state index contributed by atoms with van der Waals surface area (Å²) in [7, 11) is 0. The summed E-state index contributed by atoms with van der Waals surface area (Å²) in [6, 6.07) is 1.37. The molecule has 1 rings (SSSR count). The Bertz CT molecular complexity index is 412. The van der Waals surface area contributed by atoms with Crippen LogP contribution in [0.2, 0.25) is 0 Å². The van der Waals surface area contributed by atoms with Crippen LogP contribution in [0, 0.1) is 6.92 Å². The van der Waals surface area contributed by atoms with Gasteiger partial charge in [-0.2, -0.15) is 13.2 Å². The molecule has 0 fully saturated rings. The monoisotopic (exact) mass is 265 g/mol. The summed E-state index contributed by atoms with van der Waals surface area (Å²) in [6.07, 6.45) is -4.97. The van der Waals surface area contributed by atoms with Crippen molar-refractivity contribution in [2.24, 2.45) is 0 Å². The van der Waals surface area contributed by atoms with Crippen LogP contribution in [-0.4, -0.2) is 23.8 Å². The standard InChI is InChI=1S/C11H14F3NO3/c1-7-8(5-9(18-7)10(16)17)6-15-4-2-3-11(12,13)14/h5,15H,2-4,6H2,1H3,(H,16,17). The lowest BCUT2D eigenvalue weighted by molar-refractivity contribution is -0.135. The molecule has 1 aromatic heterocycles. The largest absolute Gasteiger partial charge is 0.475 e. The molecular weight excluding hydrogens is 251 g/mol. The summed E-state index contributed by atoms with van der Waals surface area (Å²) in [6.45, 7) is 2.12. The topological polar surface area (TPSA) is 62.5 Å². The minimum Gasteiger partial charge on any atom is -0.475 e. The number of nitrogens with one attached hydrogen (secondary N) is 1. The summed E-state index contributed by atoms with van der Waals surface area (Å²) in [5.74, 6) is -0.878. The summed E-state index contributed by atoms with van der Waals surface area (Å²) in [5.41, 5.74) is 0.638. The number of aryl methyl sites for hydroxylation is 1. The first-order valence-corrected chi connectivity index (χ1v) is 5.39. The molecule has 0 aromatic carbocycles. The number of carboxylic acids is 1. The lowest BCUT2D eigenvalue weighted by Gasteiger charge is -2.06. The van der Waals surface area contributed by atoms with E-state index in [4.69, 9.17) is 9.52 Å². The second-order valence-electron chi connectivity index (χ2n) is 3.89. The van der Waals surface area contributed by atoms with E-state index in [-0.39, 0.29) is 18.7 Å². The third-order valence-corrected chi connectivity index (χ3v) is 2.36. The van der Waals surface area contributed by atoms with Crippen molar-refractivity contribution in [3.05, 3.63) is 23.2 Å². The maximum absolute atomic E-state index is 11.9. The van der Waals surface area contributed by atoms with Gasteiger partial charge in [0.1, 0.15) is 5.76 Å². The highest BCUT2D eigenvalue weighted by atomic mass is 19.4. The van der Waals surface area contributed by atoms with E-state index in [0.29, 0.717) is 17.9 Å². The first-order chi connectivity index (χ1) is 8.29. The minimum absolute atomic E-state index is 0.00775. The van der Waals surface area contributed by atoms with Crippen LogP contribution in [0.5, 0.6) is 0 Å². The van der Waals surface area contributed by atoms with Crippen LogP contribution < -0.4 is 5.32 Å². The Kier molecular flexibility index (Phi) is 4.77. The molecule has 7 heteroatoms. The number of halogens is 3. The summed E-state index contributed by atoms with van der Waals surface area (Å²) in [4.78, 5) is 10.6. The molecule has 1 heterocycles. The van der Waals surface area contributed by atoms with Crippen molar-refractivity contribution in [1.29, 1.82) is 0 Å². The van der Waals surface area contributed by atoms with Gasteiger partial charge in [-0.05, 0) is 26.0 Å². The Morgan fingerprint density at radius 1 is 1.50 bits per heavy atom. The van der Waals surface area contributed by atoms with Crippen molar-refractivity contribution in [2.75, 3.05) is 6.54 Å². The van der Waals surface area contributed by atoms with Crippen molar-refractivity contribution < 1.29 is 27.5 Å². The highest BCUT2D eigenvalue weighted by Crippen LogP contribution is 2.20. The van der Waals surface area contributed by atoms with Gasteiger partial charge in [0.2, 0.25) is 5.76 Å². The SMILES string of the molecule is Cc1oc(C(=O)O)cc1CNCCCC(F)(F)F. The Balaban J connectivity index is 2.33. The highest BCUT2D eigenvalue weighted by Gasteiger charge is 2.25. The number of aromatic carboxylic acids is 1. The van der Waals surface area contributed by atoms with Crippen LogP contribution in [0.15, 0.2) is 10.5 Å². The second-order valence-corrected chi connectivity index (χ2v) is 3.89. The van der Waals surface area contributed by atoms with E-state index >= 15 is 0 Å². The number of hydrogen-bond acceptors (Lipinski definition) is 3. The third-order valence-electron chi connectivity index (χ3n) is 2.36. The molecule has 0 atom stereocenters. The molecule has 102 valence electrons. The van der Waals surface area contributed by atoms with Crippen LogP contribution in [-0.2, 0) is 6.54 Å². The van der Waals surface area contributed by atoms with Gasteiger partial charge in [-0.3, -0.25) is 0 Å².